The fourth-order valence-electron chi connectivity index (χ4n) is 1.72. The molecule has 19 heavy (non-hydrogen) atoms. The smallest absolute Gasteiger partial charge is 0.237 e. The summed E-state index contributed by atoms with van der Waals surface area (Å²) in [6.45, 7) is 6.66. The number of nitrogens with zero attached hydrogens (tertiary/aromatic N) is 1. The van der Waals surface area contributed by atoms with Gasteiger partial charge < -0.3 is 10.1 Å². The molecule has 0 saturated carbocycles. The maximum Gasteiger partial charge on any atom is 0.237 e. The van der Waals surface area contributed by atoms with Crippen molar-refractivity contribution in [1.29, 1.82) is 0 Å². The Morgan fingerprint density at radius 3 is 2.95 bits per heavy atom. The van der Waals surface area contributed by atoms with Crippen LogP contribution in [0.1, 0.15) is 12.5 Å². The minimum absolute atomic E-state index is 0.00490. The van der Waals surface area contributed by atoms with Crippen molar-refractivity contribution in [2.75, 3.05) is 20.7 Å². The number of rotatable bonds is 7. The standard InChI is InChI=1S/C15H22N2O2/c1-5-9-16-15(18)12(2)17(3)11-13-7-6-8-14(10-13)19-4/h5-8,10,12H,1,9,11H2,2-4H3,(H,16,18). The molecule has 104 valence electrons. The molecule has 0 saturated heterocycles. The maximum absolute atomic E-state index is 11.8. The topological polar surface area (TPSA) is 41.6 Å². The van der Waals surface area contributed by atoms with Crippen LogP contribution in [0.2, 0.25) is 0 Å². The number of carbonyl (C=O) groups excluding carboxylic acids is 1. The van der Waals surface area contributed by atoms with E-state index in [4.69, 9.17) is 4.74 Å². The molecule has 0 aliphatic carbocycles. The molecule has 0 aliphatic heterocycles. The van der Waals surface area contributed by atoms with Crippen LogP contribution in [-0.2, 0) is 11.3 Å². The van der Waals surface area contributed by atoms with Crippen LogP contribution >= 0.6 is 0 Å². The molecule has 0 aromatic heterocycles. The fourth-order valence-corrected chi connectivity index (χ4v) is 1.72. The summed E-state index contributed by atoms with van der Waals surface area (Å²) >= 11 is 0. The Morgan fingerprint density at radius 2 is 2.32 bits per heavy atom. The van der Waals surface area contributed by atoms with Gasteiger partial charge >= 0.3 is 0 Å². The van der Waals surface area contributed by atoms with Gasteiger partial charge in [-0.05, 0) is 31.7 Å². The summed E-state index contributed by atoms with van der Waals surface area (Å²) < 4.78 is 5.19. The van der Waals surface area contributed by atoms with E-state index in [1.165, 1.54) is 0 Å². The van der Waals surface area contributed by atoms with Crippen LogP contribution in [-0.4, -0.2) is 37.6 Å². The van der Waals surface area contributed by atoms with Crippen LogP contribution in [0.25, 0.3) is 0 Å². The van der Waals surface area contributed by atoms with E-state index < -0.39 is 0 Å². The molecule has 0 radical (unpaired) electrons. The first-order valence-electron chi connectivity index (χ1n) is 6.30. The van der Waals surface area contributed by atoms with Gasteiger partial charge in [0.25, 0.3) is 0 Å². The summed E-state index contributed by atoms with van der Waals surface area (Å²) in [4.78, 5) is 13.8. The Morgan fingerprint density at radius 1 is 1.58 bits per heavy atom. The van der Waals surface area contributed by atoms with E-state index in [0.717, 1.165) is 11.3 Å². The summed E-state index contributed by atoms with van der Waals surface area (Å²) in [5.74, 6) is 0.833. The highest BCUT2D eigenvalue weighted by atomic mass is 16.5. The van der Waals surface area contributed by atoms with Crippen molar-refractivity contribution in [3.63, 3.8) is 0 Å². The predicted octanol–water partition coefficient (Wildman–Crippen LogP) is 1.82. The Hall–Kier alpha value is -1.81. The molecule has 0 aliphatic rings. The van der Waals surface area contributed by atoms with Crippen molar-refractivity contribution in [3.05, 3.63) is 42.5 Å². The number of hydrogen-bond donors (Lipinski definition) is 1. The molecule has 0 bridgehead atoms. The normalized spacial score (nSPS) is 12.0. The quantitative estimate of drug-likeness (QED) is 0.762. The molecule has 1 N–H and O–H groups in total. The lowest BCUT2D eigenvalue weighted by Gasteiger charge is -2.23. The van der Waals surface area contributed by atoms with Crippen molar-refractivity contribution in [1.82, 2.24) is 10.2 Å². The second-order valence-corrected chi connectivity index (χ2v) is 4.48. The zero-order chi connectivity index (χ0) is 14.3. The van der Waals surface area contributed by atoms with Gasteiger partial charge in [0.2, 0.25) is 5.91 Å². The number of ether oxygens (including phenoxy) is 1. The highest BCUT2D eigenvalue weighted by Gasteiger charge is 2.17. The van der Waals surface area contributed by atoms with E-state index in [1.54, 1.807) is 13.2 Å². The van der Waals surface area contributed by atoms with Gasteiger partial charge in [-0.1, -0.05) is 18.2 Å². The lowest BCUT2D eigenvalue weighted by molar-refractivity contribution is -0.125. The van der Waals surface area contributed by atoms with E-state index in [1.807, 2.05) is 43.1 Å². The summed E-state index contributed by atoms with van der Waals surface area (Å²) in [5, 5.41) is 2.80. The van der Waals surface area contributed by atoms with Gasteiger partial charge in [-0.25, -0.2) is 0 Å². The van der Waals surface area contributed by atoms with E-state index in [0.29, 0.717) is 13.1 Å². The number of nitrogens with one attached hydrogen (secondary N) is 1. The second kappa shape index (κ2) is 7.59. The third kappa shape index (κ3) is 4.75. The van der Waals surface area contributed by atoms with Crippen molar-refractivity contribution < 1.29 is 9.53 Å². The molecule has 0 heterocycles. The Kier molecular flexibility index (Phi) is 6.09. The fraction of sp³-hybridized carbons (Fsp3) is 0.400. The van der Waals surface area contributed by atoms with Crippen LogP contribution in [0.15, 0.2) is 36.9 Å². The van der Waals surface area contributed by atoms with Crippen LogP contribution < -0.4 is 10.1 Å². The molecule has 4 nitrogen and oxygen atoms in total. The van der Waals surface area contributed by atoms with Crippen LogP contribution in [0, 0.1) is 0 Å². The minimum atomic E-state index is -0.189. The van der Waals surface area contributed by atoms with E-state index in [-0.39, 0.29) is 11.9 Å². The Balaban J connectivity index is 2.59. The first kappa shape index (κ1) is 15.2. The third-order valence-corrected chi connectivity index (χ3v) is 3.03. The largest absolute Gasteiger partial charge is 0.497 e. The molecule has 1 amide bonds. The molecular weight excluding hydrogens is 240 g/mol. The van der Waals surface area contributed by atoms with Gasteiger partial charge in [-0.3, -0.25) is 9.69 Å². The predicted molar refractivity (Wildman–Crippen MR) is 77.1 cm³/mol. The number of amides is 1. The van der Waals surface area contributed by atoms with Gasteiger partial charge in [-0.2, -0.15) is 0 Å². The number of benzene rings is 1. The SMILES string of the molecule is C=CCNC(=O)C(C)N(C)Cc1cccc(OC)c1. The van der Waals surface area contributed by atoms with Crippen molar-refractivity contribution in [2.24, 2.45) is 0 Å². The molecule has 1 rings (SSSR count). The summed E-state index contributed by atoms with van der Waals surface area (Å²) in [5.41, 5.74) is 1.12. The molecule has 1 unspecified atom stereocenters. The highest BCUT2D eigenvalue weighted by molar-refractivity contribution is 5.81. The Bertz CT molecular complexity index is 432. The lowest BCUT2D eigenvalue weighted by atomic mass is 10.1. The molecule has 1 aromatic carbocycles. The molecule has 1 aromatic rings. The zero-order valence-electron chi connectivity index (χ0n) is 11.8. The molecular formula is C15H22N2O2. The van der Waals surface area contributed by atoms with Gasteiger partial charge in [0, 0.05) is 13.1 Å². The Labute approximate surface area is 115 Å². The zero-order valence-corrected chi connectivity index (χ0v) is 11.8. The first-order chi connectivity index (χ1) is 9.08. The molecule has 4 heteroatoms. The van der Waals surface area contributed by atoms with E-state index >= 15 is 0 Å². The van der Waals surface area contributed by atoms with Crippen LogP contribution in [0.4, 0.5) is 0 Å². The van der Waals surface area contributed by atoms with Gasteiger partial charge in [0.1, 0.15) is 5.75 Å². The second-order valence-electron chi connectivity index (χ2n) is 4.48. The summed E-state index contributed by atoms with van der Waals surface area (Å²) in [6.07, 6.45) is 1.67. The van der Waals surface area contributed by atoms with Crippen molar-refractivity contribution >= 4 is 5.91 Å². The lowest BCUT2D eigenvalue weighted by Crippen LogP contribution is -2.42. The van der Waals surface area contributed by atoms with Gasteiger partial charge in [0.05, 0.1) is 13.2 Å². The van der Waals surface area contributed by atoms with Gasteiger partial charge in [-0.15, -0.1) is 6.58 Å². The first-order valence-corrected chi connectivity index (χ1v) is 6.30. The molecule has 1 atom stereocenters. The monoisotopic (exact) mass is 262 g/mol. The molecule has 0 fully saturated rings. The number of carbonyl (C=O) groups is 1. The number of hydrogen-bond acceptors (Lipinski definition) is 3. The average molecular weight is 262 g/mol. The number of methoxy groups -OCH3 is 1. The average Bonchev–Trinajstić information content (AvgIpc) is 2.43. The summed E-state index contributed by atoms with van der Waals surface area (Å²) in [6, 6.07) is 7.66. The maximum atomic E-state index is 11.8. The third-order valence-electron chi connectivity index (χ3n) is 3.03. The minimum Gasteiger partial charge on any atom is -0.497 e. The number of likely N-dealkylation sites (N-methyl/N-ethyl adjacent to an activating group) is 1. The van der Waals surface area contributed by atoms with E-state index in [9.17, 15) is 4.79 Å². The summed E-state index contributed by atoms with van der Waals surface area (Å²) in [7, 11) is 3.58. The van der Waals surface area contributed by atoms with Crippen LogP contribution in [0.3, 0.4) is 0 Å². The highest BCUT2D eigenvalue weighted by Crippen LogP contribution is 2.14. The van der Waals surface area contributed by atoms with Crippen molar-refractivity contribution in [2.45, 2.75) is 19.5 Å². The van der Waals surface area contributed by atoms with Crippen molar-refractivity contribution in [3.8, 4) is 5.75 Å². The molecule has 0 spiro atoms. The van der Waals surface area contributed by atoms with E-state index in [2.05, 4.69) is 11.9 Å². The van der Waals surface area contributed by atoms with Crippen LogP contribution in [0.5, 0.6) is 5.75 Å². The van der Waals surface area contributed by atoms with Gasteiger partial charge in [0.15, 0.2) is 0 Å².